The van der Waals surface area contributed by atoms with Crippen LogP contribution in [0.25, 0.3) is 6.08 Å². The molecule has 0 saturated carbocycles. The van der Waals surface area contributed by atoms with Gasteiger partial charge in [0.1, 0.15) is 5.75 Å². The lowest BCUT2D eigenvalue weighted by atomic mass is 10.1. The minimum absolute atomic E-state index is 0.100. The van der Waals surface area contributed by atoms with Gasteiger partial charge in [-0.3, -0.25) is 9.59 Å². The van der Waals surface area contributed by atoms with Crippen LogP contribution in [0.3, 0.4) is 0 Å². The van der Waals surface area contributed by atoms with Crippen molar-refractivity contribution < 1.29 is 27.9 Å². The van der Waals surface area contributed by atoms with E-state index in [4.69, 9.17) is 9.84 Å². The molecule has 0 spiro atoms. The summed E-state index contributed by atoms with van der Waals surface area (Å²) < 4.78 is 31.6. The van der Waals surface area contributed by atoms with E-state index in [2.05, 4.69) is 4.72 Å². The lowest BCUT2D eigenvalue weighted by Crippen LogP contribution is -2.26. The van der Waals surface area contributed by atoms with E-state index in [0.717, 1.165) is 5.56 Å². The first-order valence-electron chi connectivity index (χ1n) is 8.00. The summed E-state index contributed by atoms with van der Waals surface area (Å²) in [5, 5.41) is 8.59. The van der Waals surface area contributed by atoms with E-state index < -0.39 is 16.0 Å². The number of carbonyl (C=O) groups is 2. The predicted octanol–water partition coefficient (Wildman–Crippen LogP) is 2.34. The Morgan fingerprint density at radius 1 is 1.15 bits per heavy atom. The van der Waals surface area contributed by atoms with Crippen LogP contribution >= 0.6 is 0 Å². The lowest BCUT2D eigenvalue weighted by Gasteiger charge is -2.06. The molecule has 0 unspecified atom stereocenters. The van der Waals surface area contributed by atoms with Gasteiger partial charge in [-0.2, -0.15) is 0 Å². The molecule has 0 bridgehead atoms. The minimum atomic E-state index is -3.89. The van der Waals surface area contributed by atoms with Gasteiger partial charge in [0, 0.05) is 12.1 Å². The fraction of sp³-hybridized carbons (Fsp3) is 0.158. The molecule has 142 valence electrons. The molecule has 0 fully saturated rings. The molecule has 8 heteroatoms. The van der Waals surface area contributed by atoms with E-state index >= 15 is 0 Å². The highest BCUT2D eigenvalue weighted by atomic mass is 32.2. The number of ketones is 1. The number of hydrogen-bond acceptors (Lipinski definition) is 5. The molecule has 0 amide bonds. The first-order chi connectivity index (χ1) is 12.8. The second-order valence-electron chi connectivity index (χ2n) is 5.54. The summed E-state index contributed by atoms with van der Waals surface area (Å²) in [4.78, 5) is 22.7. The van der Waals surface area contributed by atoms with Crippen LogP contribution in [-0.2, 0) is 14.8 Å². The number of ether oxygens (including phenoxy) is 1. The van der Waals surface area contributed by atoms with Crippen molar-refractivity contribution >= 4 is 27.9 Å². The number of benzene rings is 2. The van der Waals surface area contributed by atoms with E-state index in [1.807, 2.05) is 0 Å². The Labute approximate surface area is 157 Å². The van der Waals surface area contributed by atoms with Gasteiger partial charge in [0.15, 0.2) is 5.78 Å². The first kappa shape index (κ1) is 20.3. The number of carboxylic acid groups (broad SMARTS) is 1. The number of hydrogen-bond donors (Lipinski definition) is 2. The number of sulfonamides is 1. The van der Waals surface area contributed by atoms with Crippen molar-refractivity contribution in [3.8, 4) is 5.75 Å². The molecule has 0 radical (unpaired) electrons. The van der Waals surface area contributed by atoms with Gasteiger partial charge in [-0.15, -0.1) is 0 Å². The summed E-state index contributed by atoms with van der Waals surface area (Å²) in [6, 6.07) is 12.7. The van der Waals surface area contributed by atoms with Crippen LogP contribution in [0.15, 0.2) is 59.5 Å². The molecule has 2 N–H and O–H groups in total. The van der Waals surface area contributed by atoms with Gasteiger partial charge >= 0.3 is 5.97 Å². The molecule has 7 nitrogen and oxygen atoms in total. The van der Waals surface area contributed by atoms with Crippen LogP contribution in [0.1, 0.15) is 22.3 Å². The molecule has 2 rings (SSSR count). The molecule has 0 saturated heterocycles. The smallest absolute Gasteiger partial charge is 0.304 e. The molecular formula is C19H19NO6S. The van der Waals surface area contributed by atoms with E-state index in [9.17, 15) is 18.0 Å². The maximum absolute atomic E-state index is 12.3. The Balaban J connectivity index is 2.12. The highest BCUT2D eigenvalue weighted by Gasteiger charge is 2.15. The largest absolute Gasteiger partial charge is 0.497 e. The number of allylic oxidation sites excluding steroid dienone is 1. The SMILES string of the molecule is COc1ccc(C=CC(=O)c2cccc(S(=O)(=O)NCCC(=O)O)c2)cc1. The fourth-order valence-electron chi connectivity index (χ4n) is 2.18. The lowest BCUT2D eigenvalue weighted by molar-refractivity contribution is -0.136. The molecule has 0 heterocycles. The maximum Gasteiger partial charge on any atom is 0.304 e. The summed E-state index contributed by atoms with van der Waals surface area (Å²) in [7, 11) is -2.33. The number of nitrogens with one attached hydrogen (secondary N) is 1. The number of carboxylic acids is 1. The van der Waals surface area contributed by atoms with Gasteiger partial charge in [0.05, 0.1) is 18.4 Å². The van der Waals surface area contributed by atoms with E-state index in [-0.39, 0.29) is 29.2 Å². The van der Waals surface area contributed by atoms with Crippen LogP contribution in [0, 0.1) is 0 Å². The molecule has 2 aromatic rings. The molecule has 0 aliphatic carbocycles. The van der Waals surface area contributed by atoms with Crippen molar-refractivity contribution in [1.82, 2.24) is 4.72 Å². The Morgan fingerprint density at radius 3 is 2.48 bits per heavy atom. The van der Waals surface area contributed by atoms with Crippen molar-refractivity contribution in [1.29, 1.82) is 0 Å². The van der Waals surface area contributed by atoms with Crippen molar-refractivity contribution in [2.24, 2.45) is 0 Å². The van der Waals surface area contributed by atoms with Crippen LogP contribution < -0.4 is 9.46 Å². The second kappa shape index (κ2) is 9.11. The maximum atomic E-state index is 12.3. The second-order valence-corrected chi connectivity index (χ2v) is 7.31. The highest BCUT2D eigenvalue weighted by Crippen LogP contribution is 2.15. The molecule has 0 aromatic heterocycles. The van der Waals surface area contributed by atoms with Gasteiger partial charge < -0.3 is 9.84 Å². The molecule has 0 aliphatic rings. The van der Waals surface area contributed by atoms with Crippen molar-refractivity contribution in [2.45, 2.75) is 11.3 Å². The van der Waals surface area contributed by atoms with Crippen molar-refractivity contribution in [3.63, 3.8) is 0 Å². The van der Waals surface area contributed by atoms with Crippen molar-refractivity contribution in [3.05, 3.63) is 65.7 Å². The van der Waals surface area contributed by atoms with Gasteiger partial charge in [0.25, 0.3) is 0 Å². The predicted molar refractivity (Wildman–Crippen MR) is 100 cm³/mol. The average Bonchev–Trinajstić information content (AvgIpc) is 2.66. The van der Waals surface area contributed by atoms with Crippen LogP contribution in [0.5, 0.6) is 5.75 Å². The third kappa shape index (κ3) is 6.05. The van der Waals surface area contributed by atoms with E-state index in [1.54, 1.807) is 37.5 Å². The van der Waals surface area contributed by atoms with Gasteiger partial charge in [-0.05, 0) is 35.9 Å². The molecule has 0 atom stereocenters. The Kier molecular flexibility index (Phi) is 6.86. The Morgan fingerprint density at radius 2 is 1.85 bits per heavy atom. The zero-order chi connectivity index (χ0) is 19.9. The van der Waals surface area contributed by atoms with Crippen LogP contribution in [0.4, 0.5) is 0 Å². The van der Waals surface area contributed by atoms with Crippen LogP contribution in [0.2, 0.25) is 0 Å². The summed E-state index contributed by atoms with van der Waals surface area (Å²) in [5.41, 5.74) is 1.00. The Hall–Kier alpha value is -2.97. The third-order valence-electron chi connectivity index (χ3n) is 3.60. The first-order valence-corrected chi connectivity index (χ1v) is 9.48. The zero-order valence-electron chi connectivity index (χ0n) is 14.6. The minimum Gasteiger partial charge on any atom is -0.497 e. The average molecular weight is 389 g/mol. The zero-order valence-corrected chi connectivity index (χ0v) is 15.4. The monoisotopic (exact) mass is 389 g/mol. The summed E-state index contributed by atoms with van der Waals surface area (Å²) in [6.07, 6.45) is 2.64. The van der Waals surface area contributed by atoms with Gasteiger partial charge in [-0.1, -0.05) is 30.3 Å². The van der Waals surface area contributed by atoms with Crippen molar-refractivity contribution in [2.75, 3.05) is 13.7 Å². The topological polar surface area (TPSA) is 110 Å². The molecule has 0 aliphatic heterocycles. The van der Waals surface area contributed by atoms with E-state index in [0.29, 0.717) is 5.75 Å². The molecule has 2 aromatic carbocycles. The quantitative estimate of drug-likeness (QED) is 0.503. The summed E-state index contributed by atoms with van der Waals surface area (Å²) in [5.74, 6) is -0.759. The van der Waals surface area contributed by atoms with Gasteiger partial charge in [-0.25, -0.2) is 13.1 Å². The number of carbonyl (C=O) groups excluding carboxylic acids is 1. The highest BCUT2D eigenvalue weighted by molar-refractivity contribution is 7.89. The number of methoxy groups -OCH3 is 1. The third-order valence-corrected chi connectivity index (χ3v) is 5.06. The molecule has 27 heavy (non-hydrogen) atoms. The normalized spacial score (nSPS) is 11.4. The van der Waals surface area contributed by atoms with Gasteiger partial charge in [0.2, 0.25) is 10.0 Å². The summed E-state index contributed by atoms with van der Waals surface area (Å²) in [6.45, 7) is -0.229. The summed E-state index contributed by atoms with van der Waals surface area (Å²) >= 11 is 0. The number of rotatable bonds is 9. The fourth-order valence-corrected chi connectivity index (χ4v) is 3.25. The van der Waals surface area contributed by atoms with Crippen LogP contribution in [-0.4, -0.2) is 38.9 Å². The standard InChI is InChI=1S/C19H19NO6S/c1-26-16-8-5-14(6-9-16)7-10-18(21)15-3-2-4-17(13-15)27(24,25)20-12-11-19(22)23/h2-10,13,20H,11-12H2,1H3,(H,22,23). The number of aliphatic carboxylic acids is 1. The molecular weight excluding hydrogens is 370 g/mol. The Bertz CT molecular complexity index is 948. The van der Waals surface area contributed by atoms with E-state index in [1.165, 1.54) is 30.3 Å².